The molecule has 0 radical (unpaired) electrons. The van der Waals surface area contributed by atoms with Crippen molar-refractivity contribution in [3.8, 4) is 0 Å². The number of aryl methyl sites for hydroxylation is 1. The molecule has 1 atom stereocenters. The molecule has 19 heavy (non-hydrogen) atoms. The van der Waals surface area contributed by atoms with Gasteiger partial charge in [-0.15, -0.1) is 0 Å². The molecule has 2 rings (SSSR count). The maximum absolute atomic E-state index is 12.2. The van der Waals surface area contributed by atoms with E-state index in [4.69, 9.17) is 16.1 Å². The lowest BCUT2D eigenvalue weighted by atomic mass is 10.1. The third-order valence-electron chi connectivity index (χ3n) is 3.09. The SMILES string of the molecule is Cc1cc(C(=O)N(C)[C@H](C)c2ccc(Cl)cc2)on1. The number of nitrogens with zero attached hydrogens (tertiary/aromatic N) is 2. The summed E-state index contributed by atoms with van der Waals surface area (Å²) >= 11 is 5.85. The molecule has 2 aromatic rings. The third-order valence-corrected chi connectivity index (χ3v) is 3.34. The molecule has 5 heteroatoms. The van der Waals surface area contributed by atoms with E-state index in [2.05, 4.69) is 5.16 Å². The van der Waals surface area contributed by atoms with Gasteiger partial charge in [0.15, 0.2) is 0 Å². The van der Waals surface area contributed by atoms with Crippen molar-refractivity contribution in [2.45, 2.75) is 19.9 Å². The van der Waals surface area contributed by atoms with Crippen LogP contribution in [0.1, 0.15) is 34.8 Å². The quantitative estimate of drug-likeness (QED) is 0.864. The average molecular weight is 279 g/mol. The van der Waals surface area contributed by atoms with E-state index in [0.717, 1.165) is 5.56 Å². The van der Waals surface area contributed by atoms with Crippen LogP contribution in [0.5, 0.6) is 0 Å². The number of carbonyl (C=O) groups is 1. The van der Waals surface area contributed by atoms with E-state index in [-0.39, 0.29) is 17.7 Å². The molecule has 1 aromatic heterocycles. The molecule has 0 N–H and O–H groups in total. The summed E-state index contributed by atoms with van der Waals surface area (Å²) in [4.78, 5) is 13.8. The van der Waals surface area contributed by atoms with Crippen molar-refractivity contribution in [3.05, 3.63) is 52.4 Å². The largest absolute Gasteiger partial charge is 0.351 e. The number of amides is 1. The Labute approximate surface area is 117 Å². The van der Waals surface area contributed by atoms with Crippen LogP contribution in [0.15, 0.2) is 34.9 Å². The number of carbonyl (C=O) groups excluding carboxylic acids is 1. The van der Waals surface area contributed by atoms with Crippen LogP contribution in [0.3, 0.4) is 0 Å². The molecule has 1 aromatic carbocycles. The van der Waals surface area contributed by atoms with E-state index < -0.39 is 0 Å². The fourth-order valence-electron chi connectivity index (χ4n) is 1.78. The summed E-state index contributed by atoms with van der Waals surface area (Å²) in [6.45, 7) is 3.73. The zero-order chi connectivity index (χ0) is 14.0. The van der Waals surface area contributed by atoms with Crippen LogP contribution in [-0.2, 0) is 0 Å². The van der Waals surface area contributed by atoms with Gasteiger partial charge in [0, 0.05) is 18.1 Å². The van der Waals surface area contributed by atoms with E-state index in [0.29, 0.717) is 10.7 Å². The second kappa shape index (κ2) is 5.45. The smallest absolute Gasteiger partial charge is 0.292 e. The van der Waals surface area contributed by atoms with Crippen molar-refractivity contribution in [1.29, 1.82) is 0 Å². The van der Waals surface area contributed by atoms with Crippen molar-refractivity contribution in [2.75, 3.05) is 7.05 Å². The summed E-state index contributed by atoms with van der Waals surface area (Å²) in [5.41, 5.74) is 1.70. The molecule has 100 valence electrons. The van der Waals surface area contributed by atoms with Crippen LogP contribution in [0, 0.1) is 6.92 Å². The van der Waals surface area contributed by atoms with Gasteiger partial charge < -0.3 is 9.42 Å². The minimum Gasteiger partial charge on any atom is -0.351 e. The molecule has 0 spiro atoms. The summed E-state index contributed by atoms with van der Waals surface area (Å²) in [5.74, 6) is 0.0591. The third kappa shape index (κ3) is 2.96. The summed E-state index contributed by atoms with van der Waals surface area (Å²) < 4.78 is 4.99. The number of aromatic nitrogens is 1. The van der Waals surface area contributed by atoms with Gasteiger partial charge in [-0.2, -0.15) is 0 Å². The maximum atomic E-state index is 12.2. The van der Waals surface area contributed by atoms with Crippen LogP contribution < -0.4 is 0 Å². The Morgan fingerprint density at radius 1 is 1.37 bits per heavy atom. The molecule has 0 aliphatic carbocycles. The standard InChI is InChI=1S/C14H15ClN2O2/c1-9-8-13(19-16-9)14(18)17(3)10(2)11-4-6-12(15)7-5-11/h4-8,10H,1-3H3/t10-/m1/s1. The van der Waals surface area contributed by atoms with Crippen LogP contribution in [0.25, 0.3) is 0 Å². The first-order valence-corrected chi connectivity index (χ1v) is 6.33. The molecular weight excluding hydrogens is 264 g/mol. The minimum absolute atomic E-state index is 0.0739. The predicted octanol–water partition coefficient (Wildman–Crippen LogP) is 3.47. The van der Waals surface area contributed by atoms with E-state index >= 15 is 0 Å². The lowest BCUT2D eigenvalue weighted by Gasteiger charge is -2.24. The Morgan fingerprint density at radius 3 is 2.53 bits per heavy atom. The fraction of sp³-hybridized carbons (Fsp3) is 0.286. The zero-order valence-electron chi connectivity index (χ0n) is 11.1. The summed E-state index contributed by atoms with van der Waals surface area (Å²) in [6.07, 6.45) is 0. The predicted molar refractivity (Wildman–Crippen MR) is 73.2 cm³/mol. The molecule has 0 aliphatic heterocycles. The van der Waals surface area contributed by atoms with Gasteiger partial charge in [0.05, 0.1) is 11.7 Å². The normalized spacial score (nSPS) is 12.2. The fourth-order valence-corrected chi connectivity index (χ4v) is 1.90. The first-order chi connectivity index (χ1) is 8.99. The van der Waals surface area contributed by atoms with E-state index in [1.807, 2.05) is 31.2 Å². The molecule has 0 bridgehead atoms. The summed E-state index contributed by atoms with van der Waals surface area (Å²) in [7, 11) is 1.74. The first kappa shape index (κ1) is 13.6. The highest BCUT2D eigenvalue weighted by Gasteiger charge is 2.22. The van der Waals surface area contributed by atoms with Gasteiger partial charge in [-0.3, -0.25) is 4.79 Å². The lowest BCUT2D eigenvalue weighted by Crippen LogP contribution is -2.29. The Hall–Kier alpha value is -1.81. The first-order valence-electron chi connectivity index (χ1n) is 5.95. The van der Waals surface area contributed by atoms with E-state index in [1.165, 1.54) is 0 Å². The highest BCUT2D eigenvalue weighted by molar-refractivity contribution is 6.30. The van der Waals surface area contributed by atoms with E-state index in [9.17, 15) is 4.79 Å². The van der Waals surface area contributed by atoms with Gasteiger partial charge in [-0.25, -0.2) is 0 Å². The zero-order valence-corrected chi connectivity index (χ0v) is 11.8. The Kier molecular flexibility index (Phi) is 3.90. The van der Waals surface area contributed by atoms with Crippen LogP contribution in [0.4, 0.5) is 0 Å². The number of hydrogen-bond acceptors (Lipinski definition) is 3. The van der Waals surface area contributed by atoms with Gasteiger partial charge >= 0.3 is 0 Å². The van der Waals surface area contributed by atoms with Gasteiger partial charge in [0.25, 0.3) is 5.91 Å². The van der Waals surface area contributed by atoms with Gasteiger partial charge in [0.1, 0.15) is 0 Å². The van der Waals surface area contributed by atoms with Crippen molar-refractivity contribution in [2.24, 2.45) is 0 Å². The minimum atomic E-state index is -0.192. The van der Waals surface area contributed by atoms with Crippen LogP contribution in [-0.4, -0.2) is 23.0 Å². The monoisotopic (exact) mass is 278 g/mol. The summed E-state index contributed by atoms with van der Waals surface area (Å²) in [5, 5.41) is 4.40. The second-order valence-corrected chi connectivity index (χ2v) is 4.91. The van der Waals surface area contributed by atoms with Crippen LogP contribution >= 0.6 is 11.6 Å². The van der Waals surface area contributed by atoms with Crippen molar-refractivity contribution >= 4 is 17.5 Å². The molecule has 1 amide bonds. The molecule has 0 aliphatic rings. The molecule has 1 heterocycles. The molecular formula is C14H15ClN2O2. The van der Waals surface area contributed by atoms with Gasteiger partial charge in [0.2, 0.25) is 5.76 Å². The van der Waals surface area contributed by atoms with Gasteiger partial charge in [-0.1, -0.05) is 28.9 Å². The average Bonchev–Trinajstić information content (AvgIpc) is 2.84. The number of hydrogen-bond donors (Lipinski definition) is 0. The van der Waals surface area contributed by atoms with Crippen molar-refractivity contribution in [3.63, 3.8) is 0 Å². The van der Waals surface area contributed by atoms with Crippen molar-refractivity contribution < 1.29 is 9.32 Å². The molecule has 0 unspecified atom stereocenters. The van der Waals surface area contributed by atoms with Crippen molar-refractivity contribution in [1.82, 2.24) is 10.1 Å². The molecule has 0 saturated carbocycles. The van der Waals surface area contributed by atoms with Gasteiger partial charge in [-0.05, 0) is 31.5 Å². The Balaban J connectivity index is 2.16. The highest BCUT2D eigenvalue weighted by atomic mass is 35.5. The number of benzene rings is 1. The second-order valence-electron chi connectivity index (χ2n) is 4.48. The Morgan fingerprint density at radius 2 is 2.00 bits per heavy atom. The van der Waals surface area contributed by atoms with E-state index in [1.54, 1.807) is 24.9 Å². The molecule has 4 nitrogen and oxygen atoms in total. The Bertz CT molecular complexity index is 577. The topological polar surface area (TPSA) is 46.3 Å². The van der Waals surface area contributed by atoms with Crippen LogP contribution in [0.2, 0.25) is 5.02 Å². The maximum Gasteiger partial charge on any atom is 0.292 e. The molecule has 0 fully saturated rings. The summed E-state index contributed by atoms with van der Waals surface area (Å²) in [6, 6.07) is 8.99. The lowest BCUT2D eigenvalue weighted by molar-refractivity contribution is 0.0700. The highest BCUT2D eigenvalue weighted by Crippen LogP contribution is 2.22. The number of rotatable bonds is 3. The molecule has 0 saturated heterocycles. The number of halogens is 1.